The van der Waals surface area contributed by atoms with Crippen LogP contribution in [-0.2, 0) is 4.74 Å². The van der Waals surface area contributed by atoms with E-state index in [1.54, 1.807) is 24.3 Å². The van der Waals surface area contributed by atoms with Gasteiger partial charge in [-0.25, -0.2) is 14.8 Å². The SMILES string of the molecule is Cc1csc(Sc2ccc([N+](=O)[O-])cc2C(=O)OCC(O)=C(C#N)c2nc3ccccc3[nH]2)n1. The average Bonchev–Trinajstić information content (AvgIpc) is 3.43. The molecule has 2 aromatic heterocycles. The molecule has 34 heavy (non-hydrogen) atoms. The fourth-order valence-electron chi connectivity index (χ4n) is 2.96. The first kappa shape index (κ1) is 23.0. The summed E-state index contributed by atoms with van der Waals surface area (Å²) in [4.78, 5) is 35.3. The fourth-order valence-corrected chi connectivity index (χ4v) is 4.86. The van der Waals surface area contributed by atoms with Crippen LogP contribution in [0.4, 0.5) is 5.69 Å². The lowest BCUT2D eigenvalue weighted by molar-refractivity contribution is -0.384. The summed E-state index contributed by atoms with van der Waals surface area (Å²) in [6.45, 7) is 1.21. The van der Waals surface area contributed by atoms with Crippen LogP contribution in [0.2, 0.25) is 0 Å². The van der Waals surface area contributed by atoms with Crippen molar-refractivity contribution in [3.05, 3.63) is 80.8 Å². The van der Waals surface area contributed by atoms with E-state index in [1.165, 1.54) is 35.2 Å². The number of nitrogens with zero attached hydrogens (tertiary/aromatic N) is 4. The number of para-hydroxylation sites is 2. The van der Waals surface area contributed by atoms with E-state index in [0.29, 0.717) is 20.3 Å². The molecule has 2 aromatic carbocycles. The number of imidazole rings is 1. The number of nitriles is 1. The Morgan fingerprint density at radius 1 is 1.32 bits per heavy atom. The molecule has 170 valence electrons. The third-order valence-corrected chi connectivity index (χ3v) is 6.69. The van der Waals surface area contributed by atoms with E-state index in [-0.39, 0.29) is 22.6 Å². The summed E-state index contributed by atoms with van der Waals surface area (Å²) < 4.78 is 5.85. The number of allylic oxidation sites excluding steroid dienone is 1. The Morgan fingerprint density at radius 2 is 2.12 bits per heavy atom. The summed E-state index contributed by atoms with van der Waals surface area (Å²) in [6, 6.07) is 12.8. The molecule has 0 saturated carbocycles. The Balaban J connectivity index is 1.59. The summed E-state index contributed by atoms with van der Waals surface area (Å²) in [7, 11) is 0. The molecule has 2 N–H and O–H groups in total. The highest BCUT2D eigenvalue weighted by Crippen LogP contribution is 2.34. The van der Waals surface area contributed by atoms with Crippen molar-refractivity contribution in [1.82, 2.24) is 15.0 Å². The van der Waals surface area contributed by atoms with Crippen molar-refractivity contribution in [2.45, 2.75) is 16.2 Å². The number of nitro benzene ring substituents is 1. The van der Waals surface area contributed by atoms with Gasteiger partial charge in [0.2, 0.25) is 0 Å². The third kappa shape index (κ3) is 4.90. The Hall–Kier alpha value is -4.21. The minimum Gasteiger partial charge on any atom is -0.507 e. The van der Waals surface area contributed by atoms with Gasteiger partial charge >= 0.3 is 5.97 Å². The van der Waals surface area contributed by atoms with Gasteiger partial charge in [-0.05, 0) is 25.1 Å². The minimum atomic E-state index is -0.895. The molecule has 0 bridgehead atoms. The zero-order valence-corrected chi connectivity index (χ0v) is 19.1. The smallest absolute Gasteiger partial charge is 0.339 e. The highest BCUT2D eigenvalue weighted by molar-refractivity contribution is 8.01. The van der Waals surface area contributed by atoms with E-state index in [2.05, 4.69) is 15.0 Å². The van der Waals surface area contributed by atoms with Crippen LogP contribution in [0.15, 0.2) is 62.8 Å². The predicted octanol–water partition coefficient (Wildman–Crippen LogP) is 5.04. The zero-order valence-electron chi connectivity index (χ0n) is 17.5. The molecule has 0 unspecified atom stereocenters. The predicted molar refractivity (Wildman–Crippen MR) is 126 cm³/mol. The molecule has 4 rings (SSSR count). The molecular weight excluding hydrogens is 478 g/mol. The number of nitrogens with one attached hydrogen (secondary N) is 1. The number of aromatic amines is 1. The van der Waals surface area contributed by atoms with Gasteiger partial charge in [0.1, 0.15) is 18.2 Å². The number of rotatable bonds is 7. The highest BCUT2D eigenvalue weighted by Gasteiger charge is 2.21. The number of aromatic nitrogens is 3. The first-order valence-corrected chi connectivity index (χ1v) is 11.4. The maximum absolute atomic E-state index is 12.8. The topological polar surface area (TPSA) is 155 Å². The van der Waals surface area contributed by atoms with E-state index in [0.717, 1.165) is 11.8 Å². The summed E-state index contributed by atoms with van der Waals surface area (Å²) in [5.41, 5.74) is 1.56. The van der Waals surface area contributed by atoms with Crippen LogP contribution >= 0.6 is 23.1 Å². The Morgan fingerprint density at radius 3 is 2.79 bits per heavy atom. The molecule has 0 aliphatic heterocycles. The first-order valence-electron chi connectivity index (χ1n) is 9.68. The summed E-state index contributed by atoms with van der Waals surface area (Å²) >= 11 is 2.54. The van der Waals surface area contributed by atoms with E-state index < -0.39 is 23.3 Å². The second-order valence-corrected chi connectivity index (χ2v) is 9.05. The number of hydrogen-bond donors (Lipinski definition) is 2. The number of ether oxygens (including phenoxy) is 1. The largest absolute Gasteiger partial charge is 0.507 e. The molecule has 0 radical (unpaired) electrons. The molecule has 4 aromatic rings. The van der Waals surface area contributed by atoms with Gasteiger partial charge in [-0.2, -0.15) is 5.26 Å². The summed E-state index contributed by atoms with van der Waals surface area (Å²) in [6.07, 6.45) is 0. The fraction of sp³-hybridized carbons (Fsp3) is 0.0909. The van der Waals surface area contributed by atoms with Crippen molar-refractivity contribution in [2.24, 2.45) is 0 Å². The number of aliphatic hydroxyl groups is 1. The van der Waals surface area contributed by atoms with E-state index in [9.17, 15) is 25.3 Å². The molecule has 0 amide bonds. The number of benzene rings is 2. The van der Waals surface area contributed by atoms with Gasteiger partial charge in [-0.1, -0.05) is 23.9 Å². The van der Waals surface area contributed by atoms with Crippen molar-refractivity contribution in [1.29, 1.82) is 5.26 Å². The number of H-pyrrole nitrogens is 1. The minimum absolute atomic E-state index is 0.0536. The quantitative estimate of drug-likeness (QED) is 0.118. The van der Waals surface area contributed by atoms with Gasteiger partial charge in [0.15, 0.2) is 15.9 Å². The number of carbonyl (C=O) groups is 1. The lowest BCUT2D eigenvalue weighted by atomic mass is 10.2. The van der Waals surface area contributed by atoms with Crippen LogP contribution in [0.25, 0.3) is 16.6 Å². The van der Waals surface area contributed by atoms with Crippen molar-refractivity contribution >= 4 is 51.4 Å². The molecule has 0 saturated heterocycles. The second-order valence-electron chi connectivity index (χ2n) is 6.91. The van der Waals surface area contributed by atoms with E-state index in [1.807, 2.05) is 18.4 Å². The van der Waals surface area contributed by atoms with E-state index in [4.69, 9.17) is 4.74 Å². The molecule has 0 spiro atoms. The highest BCUT2D eigenvalue weighted by atomic mass is 32.2. The number of non-ortho nitro benzene ring substituents is 1. The van der Waals surface area contributed by atoms with Gasteiger partial charge < -0.3 is 14.8 Å². The van der Waals surface area contributed by atoms with Crippen molar-refractivity contribution < 1.29 is 19.6 Å². The maximum atomic E-state index is 12.8. The number of carbonyl (C=O) groups excluding carboxylic acids is 1. The number of nitro groups is 1. The van der Waals surface area contributed by atoms with Gasteiger partial charge in [0.05, 0.1) is 21.5 Å². The van der Waals surface area contributed by atoms with Crippen LogP contribution < -0.4 is 0 Å². The molecule has 12 heteroatoms. The average molecular weight is 494 g/mol. The van der Waals surface area contributed by atoms with Crippen molar-refractivity contribution in [2.75, 3.05) is 6.61 Å². The molecule has 2 heterocycles. The van der Waals surface area contributed by atoms with Crippen molar-refractivity contribution in [3.63, 3.8) is 0 Å². The monoisotopic (exact) mass is 493 g/mol. The van der Waals surface area contributed by atoms with Crippen LogP contribution in [0.1, 0.15) is 21.9 Å². The van der Waals surface area contributed by atoms with Gasteiger partial charge in [-0.15, -0.1) is 11.3 Å². The Bertz CT molecular complexity index is 1450. The molecule has 0 aliphatic carbocycles. The number of esters is 1. The zero-order chi connectivity index (χ0) is 24.2. The van der Waals surface area contributed by atoms with Crippen LogP contribution in [0.3, 0.4) is 0 Å². The number of fused-ring (bicyclic) bond motifs is 1. The van der Waals surface area contributed by atoms with Gasteiger partial charge in [0, 0.05) is 28.1 Å². The number of hydrogen-bond acceptors (Lipinski definition) is 10. The summed E-state index contributed by atoms with van der Waals surface area (Å²) in [5, 5.41) is 33.0. The summed E-state index contributed by atoms with van der Waals surface area (Å²) in [5.74, 6) is -1.28. The maximum Gasteiger partial charge on any atom is 0.339 e. The standard InChI is InChI=1S/C22H15N5O5S2/c1-12-11-33-22(24-12)34-19-7-6-13(27(30)31)8-14(19)21(29)32-10-18(28)15(9-23)20-25-16-4-2-3-5-17(16)26-20/h2-8,11,28H,10H2,1H3,(H,25,26). The normalized spacial score (nSPS) is 11.6. The number of aryl methyl sites for hydroxylation is 1. The first-order chi connectivity index (χ1) is 16.4. The van der Waals surface area contributed by atoms with Crippen LogP contribution in [0.5, 0.6) is 0 Å². The molecule has 0 aliphatic rings. The number of thiazole rings is 1. The van der Waals surface area contributed by atoms with Crippen molar-refractivity contribution in [3.8, 4) is 6.07 Å². The second kappa shape index (κ2) is 9.74. The third-order valence-electron chi connectivity index (χ3n) is 4.56. The molecule has 10 nitrogen and oxygen atoms in total. The lowest BCUT2D eigenvalue weighted by Gasteiger charge is -2.09. The van der Waals surface area contributed by atoms with Crippen LogP contribution in [-0.4, -0.2) is 37.6 Å². The molecular formula is C22H15N5O5S2. The van der Waals surface area contributed by atoms with E-state index >= 15 is 0 Å². The number of aliphatic hydroxyl groups excluding tert-OH is 1. The molecule has 0 atom stereocenters. The molecule has 0 fully saturated rings. The lowest BCUT2D eigenvalue weighted by Crippen LogP contribution is -2.11. The van der Waals surface area contributed by atoms with Crippen LogP contribution in [0, 0.1) is 28.4 Å². The Labute approximate surface area is 200 Å². The Kier molecular flexibility index (Phi) is 6.58. The van der Waals surface area contributed by atoms with Gasteiger partial charge in [-0.3, -0.25) is 10.1 Å². The van der Waals surface area contributed by atoms with Gasteiger partial charge in [0.25, 0.3) is 5.69 Å².